The summed E-state index contributed by atoms with van der Waals surface area (Å²) >= 11 is 5.91. The number of benzene rings is 1. The first-order chi connectivity index (χ1) is 10.5. The molecule has 0 saturated carbocycles. The molecule has 0 saturated heterocycles. The van der Waals surface area contributed by atoms with E-state index in [1.807, 2.05) is 0 Å². The van der Waals surface area contributed by atoms with Gasteiger partial charge in [-0.3, -0.25) is 10.1 Å². The van der Waals surface area contributed by atoms with E-state index in [4.69, 9.17) is 17.3 Å². The molecule has 22 heavy (non-hydrogen) atoms. The van der Waals surface area contributed by atoms with Crippen LogP contribution in [0, 0.1) is 15.9 Å². The van der Waals surface area contributed by atoms with Gasteiger partial charge in [-0.1, -0.05) is 11.6 Å². The standard InChI is InChI=1S/C12H8ClFN6O2/c13-10-9-11(18-12(15)17-10)19(5-16-9)4-6-1-2-7(20(21)22)3-8(6)14/h1-3,5H,4H2,(H2,15,17,18). The fourth-order valence-corrected chi connectivity index (χ4v) is 2.22. The molecule has 0 fully saturated rings. The van der Waals surface area contributed by atoms with Crippen molar-refractivity contribution < 1.29 is 9.31 Å². The topological polar surface area (TPSA) is 113 Å². The molecule has 10 heteroatoms. The second-order valence-corrected chi connectivity index (χ2v) is 4.81. The lowest BCUT2D eigenvalue weighted by Gasteiger charge is -2.05. The molecule has 0 aliphatic carbocycles. The number of non-ortho nitro benzene ring substituents is 1. The first-order valence-corrected chi connectivity index (χ1v) is 6.40. The summed E-state index contributed by atoms with van der Waals surface area (Å²) in [6.45, 7) is 0.0765. The fourth-order valence-electron chi connectivity index (χ4n) is 2.00. The van der Waals surface area contributed by atoms with Crippen molar-refractivity contribution in [3.63, 3.8) is 0 Å². The maximum absolute atomic E-state index is 13.9. The molecule has 8 nitrogen and oxygen atoms in total. The lowest BCUT2D eigenvalue weighted by molar-refractivity contribution is -0.385. The number of halogens is 2. The van der Waals surface area contributed by atoms with Crippen LogP contribution in [0.25, 0.3) is 11.2 Å². The minimum atomic E-state index is -0.691. The summed E-state index contributed by atoms with van der Waals surface area (Å²) in [6, 6.07) is 3.43. The van der Waals surface area contributed by atoms with E-state index in [9.17, 15) is 14.5 Å². The summed E-state index contributed by atoms with van der Waals surface area (Å²) in [5, 5.41) is 10.7. The van der Waals surface area contributed by atoms with Crippen molar-refractivity contribution in [2.45, 2.75) is 6.54 Å². The molecule has 2 N–H and O–H groups in total. The fraction of sp³-hybridized carbons (Fsp3) is 0.0833. The Hall–Kier alpha value is -2.81. The second-order valence-electron chi connectivity index (χ2n) is 4.45. The van der Waals surface area contributed by atoms with Crippen LogP contribution in [0.3, 0.4) is 0 Å². The number of anilines is 1. The predicted molar refractivity (Wildman–Crippen MR) is 76.9 cm³/mol. The van der Waals surface area contributed by atoms with E-state index < -0.39 is 10.7 Å². The molecule has 0 unspecified atom stereocenters. The smallest absolute Gasteiger partial charge is 0.272 e. The Bertz CT molecular complexity index is 897. The highest BCUT2D eigenvalue weighted by Gasteiger charge is 2.14. The van der Waals surface area contributed by atoms with Crippen LogP contribution < -0.4 is 5.73 Å². The molecule has 0 bridgehead atoms. The summed E-state index contributed by atoms with van der Waals surface area (Å²) in [5.74, 6) is -0.715. The van der Waals surface area contributed by atoms with E-state index in [1.54, 1.807) is 0 Å². The van der Waals surface area contributed by atoms with Gasteiger partial charge in [0.15, 0.2) is 10.8 Å². The number of nitrogen functional groups attached to an aromatic ring is 1. The van der Waals surface area contributed by atoms with Crippen LogP contribution in [-0.4, -0.2) is 24.4 Å². The number of nitrogens with zero attached hydrogens (tertiary/aromatic N) is 5. The zero-order valence-corrected chi connectivity index (χ0v) is 11.7. The van der Waals surface area contributed by atoms with Crippen molar-refractivity contribution in [1.29, 1.82) is 0 Å². The van der Waals surface area contributed by atoms with E-state index in [2.05, 4.69) is 15.0 Å². The Kier molecular flexibility index (Phi) is 3.33. The third-order valence-corrected chi connectivity index (χ3v) is 3.29. The number of hydrogen-bond acceptors (Lipinski definition) is 6. The number of fused-ring (bicyclic) bond motifs is 1. The highest BCUT2D eigenvalue weighted by molar-refractivity contribution is 6.33. The van der Waals surface area contributed by atoms with Crippen LogP contribution in [0.2, 0.25) is 5.15 Å². The summed E-state index contributed by atoms with van der Waals surface area (Å²) in [6.07, 6.45) is 1.42. The molecule has 2 aromatic heterocycles. The molecule has 0 amide bonds. The number of hydrogen-bond donors (Lipinski definition) is 1. The maximum atomic E-state index is 13.9. The largest absolute Gasteiger partial charge is 0.368 e. The maximum Gasteiger partial charge on any atom is 0.272 e. The number of rotatable bonds is 3. The Morgan fingerprint density at radius 2 is 2.18 bits per heavy atom. The van der Waals surface area contributed by atoms with Gasteiger partial charge < -0.3 is 10.3 Å². The lowest BCUT2D eigenvalue weighted by Crippen LogP contribution is -2.04. The van der Waals surface area contributed by atoms with E-state index in [-0.39, 0.29) is 28.9 Å². The lowest BCUT2D eigenvalue weighted by atomic mass is 10.2. The van der Waals surface area contributed by atoms with Crippen LogP contribution in [0.5, 0.6) is 0 Å². The Balaban J connectivity index is 2.02. The van der Waals surface area contributed by atoms with E-state index in [1.165, 1.54) is 23.0 Å². The van der Waals surface area contributed by atoms with Crippen molar-refractivity contribution in [3.05, 3.63) is 51.2 Å². The van der Waals surface area contributed by atoms with Gasteiger partial charge in [0.25, 0.3) is 5.69 Å². The van der Waals surface area contributed by atoms with E-state index >= 15 is 0 Å². The first kappa shape index (κ1) is 14.1. The van der Waals surface area contributed by atoms with Crippen molar-refractivity contribution >= 4 is 34.4 Å². The zero-order valence-electron chi connectivity index (χ0n) is 10.9. The van der Waals surface area contributed by atoms with E-state index in [0.29, 0.717) is 11.2 Å². The minimum absolute atomic E-state index is 0.0246. The third kappa shape index (κ3) is 2.42. The molecular weight excluding hydrogens is 315 g/mol. The van der Waals surface area contributed by atoms with Crippen molar-refractivity contribution in [2.24, 2.45) is 0 Å². The van der Waals surface area contributed by atoms with Crippen molar-refractivity contribution in [2.75, 3.05) is 5.73 Å². The normalized spacial score (nSPS) is 11.0. The third-order valence-electron chi connectivity index (χ3n) is 3.03. The molecular formula is C12H8ClFN6O2. The summed E-state index contributed by atoms with van der Waals surface area (Å²) in [5.41, 5.74) is 6.17. The van der Waals surface area contributed by atoms with Crippen LogP contribution in [-0.2, 0) is 6.54 Å². The quantitative estimate of drug-likeness (QED) is 0.449. The number of aromatic nitrogens is 4. The highest BCUT2D eigenvalue weighted by Crippen LogP contribution is 2.22. The number of nitro groups is 1. The molecule has 1 aromatic carbocycles. The van der Waals surface area contributed by atoms with Gasteiger partial charge in [-0.15, -0.1) is 0 Å². The van der Waals surface area contributed by atoms with Gasteiger partial charge in [0.2, 0.25) is 5.95 Å². The highest BCUT2D eigenvalue weighted by atomic mass is 35.5. The monoisotopic (exact) mass is 322 g/mol. The Labute approximate surface area is 127 Å². The average molecular weight is 323 g/mol. The zero-order chi connectivity index (χ0) is 15.9. The molecule has 3 aromatic rings. The second kappa shape index (κ2) is 5.19. The van der Waals surface area contributed by atoms with Crippen LogP contribution in [0.1, 0.15) is 5.56 Å². The van der Waals surface area contributed by atoms with Gasteiger partial charge >= 0.3 is 0 Å². The molecule has 3 rings (SSSR count). The molecule has 0 atom stereocenters. The van der Waals surface area contributed by atoms with Crippen LogP contribution >= 0.6 is 11.6 Å². The summed E-state index contributed by atoms with van der Waals surface area (Å²) in [4.78, 5) is 21.8. The molecule has 0 aliphatic rings. The van der Waals surface area contributed by atoms with Gasteiger partial charge in [0.1, 0.15) is 11.3 Å². The van der Waals surface area contributed by atoms with Gasteiger partial charge in [-0.2, -0.15) is 9.97 Å². The van der Waals surface area contributed by atoms with Crippen LogP contribution in [0.4, 0.5) is 16.0 Å². The number of nitrogens with two attached hydrogens (primary N) is 1. The Morgan fingerprint density at radius 1 is 1.41 bits per heavy atom. The van der Waals surface area contributed by atoms with Crippen LogP contribution in [0.15, 0.2) is 24.5 Å². The Morgan fingerprint density at radius 3 is 2.86 bits per heavy atom. The summed E-state index contributed by atoms with van der Waals surface area (Å²) < 4.78 is 15.5. The average Bonchev–Trinajstić information content (AvgIpc) is 2.84. The molecule has 0 aliphatic heterocycles. The van der Waals surface area contributed by atoms with Gasteiger partial charge in [0, 0.05) is 11.6 Å². The van der Waals surface area contributed by atoms with Crippen molar-refractivity contribution in [3.8, 4) is 0 Å². The minimum Gasteiger partial charge on any atom is -0.368 e. The van der Waals surface area contributed by atoms with Gasteiger partial charge in [0.05, 0.1) is 23.9 Å². The van der Waals surface area contributed by atoms with E-state index in [0.717, 1.165) is 6.07 Å². The molecule has 0 spiro atoms. The van der Waals surface area contributed by atoms with Gasteiger partial charge in [-0.05, 0) is 6.07 Å². The van der Waals surface area contributed by atoms with Crippen molar-refractivity contribution in [1.82, 2.24) is 19.5 Å². The first-order valence-electron chi connectivity index (χ1n) is 6.02. The molecule has 2 heterocycles. The summed E-state index contributed by atoms with van der Waals surface area (Å²) in [7, 11) is 0. The number of imidazole rings is 1. The number of nitro benzene ring substituents is 1. The van der Waals surface area contributed by atoms with Gasteiger partial charge in [-0.25, -0.2) is 9.37 Å². The molecule has 0 radical (unpaired) electrons. The SMILES string of the molecule is Nc1nc(Cl)c2ncn(Cc3ccc([N+](=O)[O-])cc3F)c2n1. The predicted octanol–water partition coefficient (Wildman–Crippen LogP) is 2.16. The molecule has 112 valence electrons.